The summed E-state index contributed by atoms with van der Waals surface area (Å²) < 4.78 is 10.9. The molecule has 0 saturated carbocycles. The molecule has 1 N–H and O–H groups in total. The molecule has 3 heterocycles. The first-order chi connectivity index (χ1) is 16.2. The molecule has 2 aromatic carbocycles. The van der Waals surface area contributed by atoms with Gasteiger partial charge in [0.25, 0.3) is 11.8 Å². The number of benzene rings is 2. The van der Waals surface area contributed by atoms with E-state index in [0.29, 0.717) is 31.0 Å². The third-order valence-corrected chi connectivity index (χ3v) is 7.88. The monoisotopic (exact) mass is 481 g/mol. The highest BCUT2D eigenvalue weighted by Crippen LogP contribution is 2.33. The van der Waals surface area contributed by atoms with Gasteiger partial charge in [-0.25, -0.2) is 4.98 Å². The quantitative estimate of drug-likeness (QED) is 0.578. The molecule has 2 amide bonds. The average Bonchev–Trinajstić information content (AvgIpc) is 3.62. The highest BCUT2D eigenvalue weighted by atomic mass is 32.2. The maximum atomic E-state index is 13.4. The van der Waals surface area contributed by atoms with E-state index in [2.05, 4.69) is 10.3 Å². The molecule has 9 heteroatoms. The number of thioether (sulfide) groups is 1. The fourth-order valence-corrected chi connectivity index (χ4v) is 6.07. The number of carbonyl (C=O) groups is 2. The SMILES string of the molecule is COc1cccc(-c2scnc2C(=O)N2CCSC2CNC(=O)c2cccc3c2CCO3)c1. The molecule has 0 aliphatic carbocycles. The number of rotatable bonds is 6. The van der Waals surface area contributed by atoms with Crippen LogP contribution in [-0.4, -0.2) is 59.6 Å². The van der Waals surface area contributed by atoms with E-state index in [1.165, 1.54) is 11.3 Å². The number of aromatic nitrogens is 1. The van der Waals surface area contributed by atoms with Crippen LogP contribution in [0.1, 0.15) is 26.4 Å². The van der Waals surface area contributed by atoms with Crippen LogP contribution >= 0.6 is 23.1 Å². The molecule has 1 fully saturated rings. The molecule has 0 radical (unpaired) electrons. The van der Waals surface area contributed by atoms with Crippen LogP contribution in [0.3, 0.4) is 0 Å². The molecule has 1 aromatic heterocycles. The minimum atomic E-state index is -0.144. The van der Waals surface area contributed by atoms with Crippen LogP contribution in [0.4, 0.5) is 0 Å². The van der Waals surface area contributed by atoms with Gasteiger partial charge in [0.15, 0.2) is 0 Å². The lowest BCUT2D eigenvalue weighted by molar-refractivity contribution is 0.0747. The second kappa shape index (κ2) is 9.44. The summed E-state index contributed by atoms with van der Waals surface area (Å²) in [5.74, 6) is 2.08. The molecule has 0 spiro atoms. The normalized spacial score (nSPS) is 16.9. The predicted molar refractivity (Wildman–Crippen MR) is 129 cm³/mol. The fourth-order valence-electron chi connectivity index (χ4n) is 4.14. The largest absolute Gasteiger partial charge is 0.497 e. The number of methoxy groups -OCH3 is 1. The summed E-state index contributed by atoms with van der Waals surface area (Å²) in [5, 5.41) is 2.87. The number of hydrogen-bond acceptors (Lipinski definition) is 7. The summed E-state index contributed by atoms with van der Waals surface area (Å²) in [6.07, 6.45) is 0.735. The van der Waals surface area contributed by atoms with E-state index in [1.54, 1.807) is 24.4 Å². The highest BCUT2D eigenvalue weighted by Gasteiger charge is 2.33. The number of amides is 2. The van der Waals surface area contributed by atoms with Crippen molar-refractivity contribution in [3.8, 4) is 21.9 Å². The minimum Gasteiger partial charge on any atom is -0.497 e. The molecular weight excluding hydrogens is 458 g/mol. The maximum Gasteiger partial charge on any atom is 0.274 e. The lowest BCUT2D eigenvalue weighted by Crippen LogP contribution is -2.42. The topological polar surface area (TPSA) is 80.8 Å². The van der Waals surface area contributed by atoms with Gasteiger partial charge in [0.05, 0.1) is 29.5 Å². The molecule has 0 bridgehead atoms. The zero-order chi connectivity index (χ0) is 22.8. The maximum absolute atomic E-state index is 13.4. The van der Waals surface area contributed by atoms with Crippen LogP contribution in [0.25, 0.3) is 10.4 Å². The van der Waals surface area contributed by atoms with Crippen molar-refractivity contribution in [3.63, 3.8) is 0 Å². The van der Waals surface area contributed by atoms with Crippen LogP contribution in [0.15, 0.2) is 48.0 Å². The molecule has 33 heavy (non-hydrogen) atoms. The van der Waals surface area contributed by atoms with E-state index in [-0.39, 0.29) is 17.2 Å². The fraction of sp³-hybridized carbons (Fsp3) is 0.292. The number of nitrogens with zero attached hydrogens (tertiary/aromatic N) is 2. The number of hydrogen-bond donors (Lipinski definition) is 1. The molecule has 170 valence electrons. The number of fused-ring (bicyclic) bond motifs is 1. The summed E-state index contributed by atoms with van der Waals surface area (Å²) >= 11 is 3.10. The first-order valence-corrected chi connectivity index (χ1v) is 12.6. The van der Waals surface area contributed by atoms with Gasteiger partial charge >= 0.3 is 0 Å². The number of nitrogens with one attached hydrogen (secondary N) is 1. The van der Waals surface area contributed by atoms with Gasteiger partial charge in [-0.15, -0.1) is 23.1 Å². The molecule has 5 rings (SSSR count). The Hall–Kier alpha value is -3.04. The summed E-state index contributed by atoms with van der Waals surface area (Å²) in [5.41, 5.74) is 4.63. The molecule has 2 aliphatic heterocycles. The van der Waals surface area contributed by atoms with Crippen molar-refractivity contribution in [2.45, 2.75) is 11.8 Å². The van der Waals surface area contributed by atoms with Crippen molar-refractivity contribution in [1.29, 1.82) is 0 Å². The second-order valence-corrected chi connectivity index (χ2v) is 9.82. The summed E-state index contributed by atoms with van der Waals surface area (Å²) in [6, 6.07) is 13.2. The Morgan fingerprint density at radius 2 is 2.15 bits per heavy atom. The number of thiazole rings is 1. The Balaban J connectivity index is 1.30. The van der Waals surface area contributed by atoms with Crippen LogP contribution in [0.5, 0.6) is 11.5 Å². The van der Waals surface area contributed by atoms with Gasteiger partial charge in [-0.3, -0.25) is 9.59 Å². The Morgan fingerprint density at radius 1 is 1.27 bits per heavy atom. The van der Waals surface area contributed by atoms with Crippen LogP contribution in [-0.2, 0) is 6.42 Å². The molecular formula is C24H23N3O4S2. The van der Waals surface area contributed by atoms with Gasteiger partial charge in [-0.05, 0) is 29.8 Å². The Bertz CT molecular complexity index is 1200. The van der Waals surface area contributed by atoms with E-state index in [1.807, 2.05) is 47.4 Å². The van der Waals surface area contributed by atoms with Crippen molar-refractivity contribution in [2.24, 2.45) is 0 Å². The number of ether oxygens (including phenoxy) is 2. The lowest BCUT2D eigenvalue weighted by atomic mass is 10.0. The molecule has 1 unspecified atom stereocenters. The zero-order valence-corrected chi connectivity index (χ0v) is 19.7. The third-order valence-electron chi connectivity index (χ3n) is 5.78. The third kappa shape index (κ3) is 4.30. The van der Waals surface area contributed by atoms with Gasteiger partial charge in [0.2, 0.25) is 0 Å². The van der Waals surface area contributed by atoms with Crippen molar-refractivity contribution in [3.05, 3.63) is 64.8 Å². The van der Waals surface area contributed by atoms with Crippen LogP contribution in [0, 0.1) is 0 Å². The van der Waals surface area contributed by atoms with Gasteiger partial charge in [-0.1, -0.05) is 18.2 Å². The summed E-state index contributed by atoms with van der Waals surface area (Å²) in [4.78, 5) is 33.3. The van der Waals surface area contributed by atoms with Crippen molar-refractivity contribution in [1.82, 2.24) is 15.2 Å². The van der Waals surface area contributed by atoms with Crippen LogP contribution < -0.4 is 14.8 Å². The highest BCUT2D eigenvalue weighted by molar-refractivity contribution is 8.00. The predicted octanol–water partition coefficient (Wildman–Crippen LogP) is 3.70. The Kier molecular flexibility index (Phi) is 6.24. The zero-order valence-electron chi connectivity index (χ0n) is 18.1. The summed E-state index contributed by atoms with van der Waals surface area (Å²) in [6.45, 7) is 1.59. The van der Waals surface area contributed by atoms with E-state index in [0.717, 1.165) is 39.7 Å². The van der Waals surface area contributed by atoms with Gasteiger partial charge in [-0.2, -0.15) is 0 Å². The lowest BCUT2D eigenvalue weighted by Gasteiger charge is -2.24. The van der Waals surface area contributed by atoms with Gasteiger partial charge in [0, 0.05) is 36.4 Å². The van der Waals surface area contributed by atoms with Crippen molar-refractivity contribution >= 4 is 34.9 Å². The Morgan fingerprint density at radius 3 is 3.03 bits per heavy atom. The Labute approximate surface area is 200 Å². The standard InChI is InChI=1S/C24H23N3O4S2/c1-30-16-5-2-4-15(12-16)22-21(26-14-33-22)24(29)27-9-11-32-20(27)13-25-23(28)18-6-3-7-19-17(18)8-10-31-19/h2-7,12,14,20H,8-11,13H2,1H3,(H,25,28). The van der Waals surface area contributed by atoms with Gasteiger partial charge < -0.3 is 19.7 Å². The minimum absolute atomic E-state index is 0.118. The molecule has 1 saturated heterocycles. The van der Waals surface area contributed by atoms with E-state index >= 15 is 0 Å². The van der Waals surface area contributed by atoms with Crippen molar-refractivity contribution < 1.29 is 19.1 Å². The smallest absolute Gasteiger partial charge is 0.274 e. The summed E-state index contributed by atoms with van der Waals surface area (Å²) in [7, 11) is 1.62. The van der Waals surface area contributed by atoms with E-state index in [9.17, 15) is 9.59 Å². The molecule has 2 aliphatic rings. The molecule has 7 nitrogen and oxygen atoms in total. The van der Waals surface area contributed by atoms with Crippen molar-refractivity contribution in [2.75, 3.05) is 32.6 Å². The molecule has 1 atom stereocenters. The second-order valence-electron chi connectivity index (χ2n) is 7.68. The van der Waals surface area contributed by atoms with E-state index in [4.69, 9.17) is 9.47 Å². The first kappa shape index (κ1) is 21.8. The first-order valence-electron chi connectivity index (χ1n) is 10.7. The van der Waals surface area contributed by atoms with Crippen LogP contribution in [0.2, 0.25) is 0 Å². The molecule has 3 aromatic rings. The average molecular weight is 482 g/mol. The number of carbonyl (C=O) groups excluding carboxylic acids is 2. The van der Waals surface area contributed by atoms with Gasteiger partial charge in [0.1, 0.15) is 17.2 Å². The van der Waals surface area contributed by atoms with E-state index < -0.39 is 0 Å².